The van der Waals surface area contributed by atoms with Gasteiger partial charge in [-0.15, -0.1) is 5.10 Å². The fraction of sp³-hybridized carbons (Fsp3) is 0.643. The maximum Gasteiger partial charge on any atom is 0.253 e. The molecule has 0 amide bonds. The maximum atomic E-state index is 13.6. The molecule has 1 aromatic carbocycles. The van der Waals surface area contributed by atoms with Crippen LogP contribution in [0.15, 0.2) is 23.0 Å². The summed E-state index contributed by atoms with van der Waals surface area (Å²) >= 11 is 0. The summed E-state index contributed by atoms with van der Waals surface area (Å²) in [5.74, 6) is 0.753. The van der Waals surface area contributed by atoms with Crippen LogP contribution in [0.5, 0.6) is 0 Å². The zero-order valence-corrected chi connectivity index (χ0v) is 22.5. The van der Waals surface area contributed by atoms with Crippen LogP contribution in [0.3, 0.4) is 0 Å². The quantitative estimate of drug-likeness (QED) is 0.553. The smallest absolute Gasteiger partial charge is 0.253 e. The lowest BCUT2D eigenvalue weighted by molar-refractivity contribution is 0.0603. The number of hydrogen-bond donors (Lipinski definition) is 1. The average Bonchev–Trinajstić information content (AvgIpc) is 3.39. The first-order valence-electron chi connectivity index (χ1n) is 13.7. The number of aromatic nitrogens is 5. The number of pyridine rings is 1. The van der Waals surface area contributed by atoms with Gasteiger partial charge in [-0.1, -0.05) is 38.3 Å². The molecule has 194 valence electrons. The van der Waals surface area contributed by atoms with Gasteiger partial charge in [0.1, 0.15) is 6.04 Å². The van der Waals surface area contributed by atoms with Crippen LogP contribution in [-0.4, -0.2) is 67.2 Å². The minimum Gasteiger partial charge on any atom is -0.321 e. The molecule has 1 atom stereocenters. The molecule has 1 N–H and O–H groups in total. The van der Waals surface area contributed by atoms with Crippen molar-refractivity contribution < 1.29 is 0 Å². The second kappa shape index (κ2) is 10.1. The number of benzene rings is 1. The summed E-state index contributed by atoms with van der Waals surface area (Å²) in [6.07, 6.45) is 7.58. The summed E-state index contributed by atoms with van der Waals surface area (Å²) in [6, 6.07) is 6.69. The van der Waals surface area contributed by atoms with Crippen LogP contribution in [-0.2, 0) is 5.54 Å². The van der Waals surface area contributed by atoms with Crippen molar-refractivity contribution in [3.05, 3.63) is 51.1 Å². The number of piperazine rings is 1. The number of aryl methyl sites for hydroxylation is 2. The van der Waals surface area contributed by atoms with Crippen molar-refractivity contribution >= 4 is 10.9 Å². The number of aromatic amines is 1. The van der Waals surface area contributed by atoms with Crippen LogP contribution >= 0.6 is 0 Å². The first-order chi connectivity index (χ1) is 17.3. The van der Waals surface area contributed by atoms with Crippen molar-refractivity contribution in [2.24, 2.45) is 0 Å². The zero-order valence-electron chi connectivity index (χ0n) is 22.5. The Bertz CT molecular complexity index is 1260. The van der Waals surface area contributed by atoms with Crippen molar-refractivity contribution in [3.8, 4) is 0 Å². The van der Waals surface area contributed by atoms with Crippen LogP contribution in [0.25, 0.3) is 10.9 Å². The molecule has 1 aliphatic heterocycles. The van der Waals surface area contributed by atoms with E-state index in [2.05, 4.69) is 76.2 Å². The van der Waals surface area contributed by atoms with Gasteiger partial charge in [-0.05, 0) is 74.6 Å². The second-order valence-electron chi connectivity index (χ2n) is 11.4. The third-order valence-electron chi connectivity index (χ3n) is 8.75. The van der Waals surface area contributed by atoms with Gasteiger partial charge in [0.25, 0.3) is 5.56 Å². The van der Waals surface area contributed by atoms with Gasteiger partial charge >= 0.3 is 0 Å². The number of H-pyrrole nitrogens is 1. The molecule has 36 heavy (non-hydrogen) atoms. The lowest BCUT2D eigenvalue weighted by atomic mass is 9.93. The third-order valence-corrected chi connectivity index (χ3v) is 8.75. The van der Waals surface area contributed by atoms with Gasteiger partial charge in [-0.3, -0.25) is 14.6 Å². The topological polar surface area (TPSA) is 82.9 Å². The van der Waals surface area contributed by atoms with Gasteiger partial charge in [0, 0.05) is 43.2 Å². The second-order valence-corrected chi connectivity index (χ2v) is 11.4. The molecule has 5 rings (SSSR count). The van der Waals surface area contributed by atoms with Crippen LogP contribution in [0.2, 0.25) is 0 Å². The van der Waals surface area contributed by atoms with E-state index in [-0.39, 0.29) is 17.1 Å². The predicted octanol–water partition coefficient (Wildman–Crippen LogP) is 4.32. The Morgan fingerprint density at radius 3 is 2.44 bits per heavy atom. The van der Waals surface area contributed by atoms with E-state index in [1.54, 1.807) is 0 Å². The molecule has 3 aromatic rings. The minimum absolute atomic E-state index is 0.0558. The van der Waals surface area contributed by atoms with Gasteiger partial charge in [0.15, 0.2) is 5.82 Å². The molecule has 1 unspecified atom stereocenters. The first-order valence-corrected chi connectivity index (χ1v) is 13.7. The highest BCUT2D eigenvalue weighted by atomic mass is 16.1. The molecule has 3 heterocycles. The summed E-state index contributed by atoms with van der Waals surface area (Å²) in [4.78, 5) is 22.0. The molecule has 0 spiro atoms. The fourth-order valence-electron chi connectivity index (χ4n) is 6.05. The average molecular weight is 492 g/mol. The number of rotatable bonds is 6. The van der Waals surface area contributed by atoms with Gasteiger partial charge in [-0.25, -0.2) is 4.68 Å². The molecule has 8 nitrogen and oxygen atoms in total. The number of nitrogens with one attached hydrogen (secondary N) is 1. The molecule has 0 radical (unpaired) electrons. The van der Waals surface area contributed by atoms with Gasteiger partial charge in [0.2, 0.25) is 0 Å². The monoisotopic (exact) mass is 491 g/mol. The first kappa shape index (κ1) is 25.1. The number of tetrazole rings is 1. The van der Waals surface area contributed by atoms with E-state index in [1.165, 1.54) is 32.1 Å². The van der Waals surface area contributed by atoms with Crippen LogP contribution in [0.1, 0.15) is 87.9 Å². The van der Waals surface area contributed by atoms with Crippen LogP contribution in [0.4, 0.5) is 0 Å². The summed E-state index contributed by atoms with van der Waals surface area (Å²) in [6.45, 7) is 14.4. The van der Waals surface area contributed by atoms with E-state index in [0.29, 0.717) is 6.04 Å². The number of nitrogens with zero attached hydrogens (tertiary/aromatic N) is 6. The maximum absolute atomic E-state index is 13.6. The highest BCUT2D eigenvalue weighted by molar-refractivity contribution is 5.85. The van der Waals surface area contributed by atoms with Gasteiger partial charge < -0.3 is 4.98 Å². The van der Waals surface area contributed by atoms with E-state index >= 15 is 0 Å². The Morgan fingerprint density at radius 2 is 1.75 bits per heavy atom. The van der Waals surface area contributed by atoms with Gasteiger partial charge in [-0.2, -0.15) is 0 Å². The summed E-state index contributed by atoms with van der Waals surface area (Å²) in [5.41, 5.74) is 3.57. The Morgan fingerprint density at radius 1 is 1.06 bits per heavy atom. The van der Waals surface area contributed by atoms with E-state index in [0.717, 1.165) is 66.0 Å². The van der Waals surface area contributed by atoms with Crippen molar-refractivity contribution in [3.63, 3.8) is 0 Å². The molecular weight excluding hydrogens is 450 g/mol. The molecule has 1 saturated heterocycles. The minimum atomic E-state index is -0.299. The molecule has 1 aliphatic carbocycles. The highest BCUT2D eigenvalue weighted by Crippen LogP contribution is 2.33. The number of hydrogen-bond acceptors (Lipinski definition) is 6. The van der Waals surface area contributed by atoms with Crippen LogP contribution in [0, 0.1) is 13.8 Å². The van der Waals surface area contributed by atoms with Crippen molar-refractivity contribution in [1.29, 1.82) is 0 Å². The molecule has 2 aromatic heterocycles. The Labute approximate surface area is 214 Å². The third kappa shape index (κ3) is 4.61. The van der Waals surface area contributed by atoms with E-state index < -0.39 is 0 Å². The SMILES string of the molecule is CCC(C)(C)n1nnnc1C(c1cc2c(C)ccc(C)c2[nH]c1=O)N1CCN(C2CCCCC2)CC1. The van der Waals surface area contributed by atoms with E-state index in [1.807, 2.05) is 11.6 Å². The Balaban J connectivity index is 1.57. The molecule has 2 fully saturated rings. The lowest BCUT2D eigenvalue weighted by Crippen LogP contribution is -2.52. The molecular formula is C28H41N7O. The highest BCUT2D eigenvalue weighted by Gasteiger charge is 2.36. The predicted molar refractivity (Wildman–Crippen MR) is 143 cm³/mol. The summed E-state index contributed by atoms with van der Waals surface area (Å²) < 4.78 is 1.94. The summed E-state index contributed by atoms with van der Waals surface area (Å²) in [5, 5.41) is 14.2. The van der Waals surface area contributed by atoms with Crippen LogP contribution < -0.4 is 5.56 Å². The van der Waals surface area contributed by atoms with Crippen molar-refractivity contribution in [2.45, 2.75) is 90.8 Å². The fourth-order valence-corrected chi connectivity index (χ4v) is 6.05. The van der Waals surface area contributed by atoms with Gasteiger partial charge in [0.05, 0.1) is 11.1 Å². The standard InChI is InChI=1S/C28H41N7O/c1-6-28(4,5)35-26(30-31-32-35)25(34-16-14-33(15-17-34)21-10-8-7-9-11-21)23-18-22-19(2)12-13-20(3)24(22)29-27(23)36/h12-13,18,21,25H,6-11,14-17H2,1-5H3,(H,29,36). The molecule has 1 saturated carbocycles. The van der Waals surface area contributed by atoms with E-state index in [4.69, 9.17) is 0 Å². The largest absolute Gasteiger partial charge is 0.321 e. The molecule has 0 bridgehead atoms. The molecule has 8 heteroatoms. The zero-order chi connectivity index (χ0) is 25.4. The summed E-state index contributed by atoms with van der Waals surface area (Å²) in [7, 11) is 0. The Hall–Kier alpha value is -2.58. The van der Waals surface area contributed by atoms with E-state index in [9.17, 15) is 4.79 Å². The van der Waals surface area contributed by atoms with Crippen molar-refractivity contribution in [1.82, 2.24) is 35.0 Å². The lowest BCUT2D eigenvalue weighted by Gasteiger charge is -2.43. The molecule has 2 aliphatic rings. The normalized spacial score (nSPS) is 19.7. The van der Waals surface area contributed by atoms with Crippen molar-refractivity contribution in [2.75, 3.05) is 26.2 Å². The Kier molecular flexibility index (Phi) is 7.01. The number of fused-ring (bicyclic) bond motifs is 1.